The van der Waals surface area contributed by atoms with Crippen molar-refractivity contribution in [2.45, 2.75) is 37.5 Å². The zero-order chi connectivity index (χ0) is 37.5. The number of hydrogen-bond acceptors (Lipinski definition) is 4. The maximum atomic E-state index is 13.7. The summed E-state index contributed by atoms with van der Waals surface area (Å²) in [6.07, 6.45) is 6.10. The average molecular weight is 754 g/mol. The number of pyridine rings is 1. The molecular formula is C45H40ClN3O4S. The van der Waals surface area contributed by atoms with Gasteiger partial charge in [-0.25, -0.2) is 17.9 Å². The number of aromatic carboxylic acids is 1. The van der Waals surface area contributed by atoms with E-state index in [2.05, 4.69) is 44.6 Å². The minimum absolute atomic E-state index is 0.158. The highest BCUT2D eigenvalue weighted by atomic mass is 35.5. The molecule has 0 fully saturated rings. The number of carboxylic acid groups (broad SMARTS) is 1. The third-order valence-corrected chi connectivity index (χ3v) is 11.4. The molecule has 0 aliphatic carbocycles. The number of fused-ring (bicyclic) bond motifs is 1. The Morgan fingerprint density at radius 1 is 0.759 bits per heavy atom. The molecule has 0 bridgehead atoms. The Labute approximate surface area is 321 Å². The van der Waals surface area contributed by atoms with Gasteiger partial charge in [-0.3, -0.25) is 4.98 Å². The Balaban J connectivity index is 1.25. The fourth-order valence-corrected chi connectivity index (χ4v) is 8.68. The number of aromatic nitrogens is 2. The molecule has 5 aromatic carbocycles. The van der Waals surface area contributed by atoms with Crippen LogP contribution in [-0.4, -0.2) is 35.6 Å². The number of aryl methyl sites for hydroxylation is 2. The lowest BCUT2D eigenvalue weighted by atomic mass is 9.97. The van der Waals surface area contributed by atoms with Crippen LogP contribution in [0.5, 0.6) is 0 Å². The molecular weight excluding hydrogens is 714 g/mol. The van der Waals surface area contributed by atoms with Crippen molar-refractivity contribution in [1.29, 1.82) is 0 Å². The lowest BCUT2D eigenvalue weighted by Gasteiger charge is -2.25. The van der Waals surface area contributed by atoms with Gasteiger partial charge in [-0.1, -0.05) is 109 Å². The SMILES string of the molecule is O=C(O)c1ccc(CCCc2c(CCNS(=O)(=O)Cc3ccccc3-c3ccncc3)n(C(c3ccccc3)c3ccccc3)c3ccc(Cl)cc23)cc1. The van der Waals surface area contributed by atoms with Crippen LogP contribution in [0.4, 0.5) is 0 Å². The van der Waals surface area contributed by atoms with E-state index >= 15 is 0 Å². The van der Waals surface area contributed by atoms with Crippen LogP contribution in [0.15, 0.2) is 152 Å². The second-order valence-electron chi connectivity index (χ2n) is 13.3. The van der Waals surface area contributed by atoms with Crippen LogP contribution in [0, 0.1) is 0 Å². The summed E-state index contributed by atoms with van der Waals surface area (Å²) in [6, 6.07) is 44.9. The first kappa shape index (κ1) is 36.8. The van der Waals surface area contributed by atoms with E-state index in [-0.39, 0.29) is 23.9 Å². The number of hydrogen-bond donors (Lipinski definition) is 2. The summed E-state index contributed by atoms with van der Waals surface area (Å²) in [5.74, 6) is -1.11. The van der Waals surface area contributed by atoms with Crippen LogP contribution in [0.25, 0.3) is 22.0 Å². The molecule has 0 unspecified atom stereocenters. The quantitative estimate of drug-likeness (QED) is 0.109. The first-order chi connectivity index (χ1) is 26.3. The number of carboxylic acids is 1. The molecule has 7 nitrogen and oxygen atoms in total. The maximum absolute atomic E-state index is 13.7. The van der Waals surface area contributed by atoms with E-state index in [1.54, 1.807) is 24.5 Å². The van der Waals surface area contributed by atoms with E-state index in [1.165, 1.54) is 0 Å². The normalized spacial score (nSPS) is 11.7. The lowest BCUT2D eigenvalue weighted by Crippen LogP contribution is -2.28. The molecule has 7 rings (SSSR count). The molecule has 2 N–H and O–H groups in total. The Hall–Kier alpha value is -5.54. The summed E-state index contributed by atoms with van der Waals surface area (Å²) >= 11 is 6.68. The highest BCUT2D eigenvalue weighted by Gasteiger charge is 2.26. The van der Waals surface area contributed by atoms with Crippen molar-refractivity contribution in [3.63, 3.8) is 0 Å². The smallest absolute Gasteiger partial charge is 0.335 e. The molecule has 9 heteroatoms. The van der Waals surface area contributed by atoms with Gasteiger partial charge in [0.1, 0.15) is 0 Å². The van der Waals surface area contributed by atoms with Gasteiger partial charge in [0, 0.05) is 47.0 Å². The molecule has 0 saturated carbocycles. The zero-order valence-corrected chi connectivity index (χ0v) is 31.2. The standard InChI is InChI=1S/C45H40ClN3O4S/c46-38-22-23-42-41(30-38)40(17-9-10-32-18-20-36(21-19-32)45(50)51)43(49(42)44(34-11-3-1-4-12-34)35-13-5-2-6-14-35)26-29-48-54(52,53)31-37-15-7-8-16-39(37)33-24-27-47-28-25-33/h1-8,11-16,18-25,27-28,30,44,48H,9-10,17,26,29,31H2,(H,50,51). The van der Waals surface area contributed by atoms with Gasteiger partial charge in [-0.15, -0.1) is 0 Å². The fourth-order valence-electron chi connectivity index (χ4n) is 7.34. The van der Waals surface area contributed by atoms with E-state index in [0.717, 1.165) is 62.8 Å². The molecule has 0 aliphatic rings. The molecule has 0 atom stereocenters. The fraction of sp³-hybridized carbons (Fsp3) is 0.156. The number of nitrogens with zero attached hydrogens (tertiary/aromatic N) is 2. The Bertz CT molecular complexity index is 2430. The van der Waals surface area contributed by atoms with E-state index in [4.69, 9.17) is 11.6 Å². The summed E-state index contributed by atoms with van der Waals surface area (Å²) in [7, 11) is -3.72. The monoisotopic (exact) mass is 753 g/mol. The summed E-state index contributed by atoms with van der Waals surface area (Å²) in [6.45, 7) is 0.198. The lowest BCUT2D eigenvalue weighted by molar-refractivity contribution is 0.0697. The third kappa shape index (κ3) is 8.47. The van der Waals surface area contributed by atoms with Crippen LogP contribution in [0.3, 0.4) is 0 Å². The van der Waals surface area contributed by atoms with Crippen molar-refractivity contribution in [3.05, 3.63) is 196 Å². The number of rotatable bonds is 15. The van der Waals surface area contributed by atoms with Crippen molar-refractivity contribution in [1.82, 2.24) is 14.3 Å². The van der Waals surface area contributed by atoms with Crippen LogP contribution >= 0.6 is 11.6 Å². The Morgan fingerprint density at radius 3 is 2.07 bits per heavy atom. The maximum Gasteiger partial charge on any atom is 0.335 e. The molecule has 2 heterocycles. The van der Waals surface area contributed by atoms with Gasteiger partial charge in [0.25, 0.3) is 0 Å². The molecule has 0 aliphatic heterocycles. The highest BCUT2D eigenvalue weighted by molar-refractivity contribution is 7.88. The van der Waals surface area contributed by atoms with E-state index in [0.29, 0.717) is 23.4 Å². The molecule has 0 amide bonds. The van der Waals surface area contributed by atoms with Crippen molar-refractivity contribution in [2.24, 2.45) is 0 Å². The highest BCUT2D eigenvalue weighted by Crippen LogP contribution is 2.38. The Morgan fingerprint density at radius 2 is 1.41 bits per heavy atom. The summed E-state index contributed by atoms with van der Waals surface area (Å²) in [4.78, 5) is 15.5. The molecule has 7 aromatic rings. The largest absolute Gasteiger partial charge is 0.478 e. The molecule has 272 valence electrons. The van der Waals surface area contributed by atoms with Crippen molar-refractivity contribution in [2.75, 3.05) is 6.54 Å². The molecule has 2 aromatic heterocycles. The molecule has 0 spiro atoms. The molecule has 54 heavy (non-hydrogen) atoms. The number of carbonyl (C=O) groups is 1. The first-order valence-electron chi connectivity index (χ1n) is 18.0. The zero-order valence-electron chi connectivity index (χ0n) is 29.6. The predicted molar refractivity (Wildman–Crippen MR) is 217 cm³/mol. The van der Waals surface area contributed by atoms with Gasteiger partial charge >= 0.3 is 5.97 Å². The summed E-state index contributed by atoms with van der Waals surface area (Å²) < 4.78 is 32.8. The van der Waals surface area contributed by atoms with Gasteiger partial charge in [0.2, 0.25) is 10.0 Å². The van der Waals surface area contributed by atoms with Crippen LogP contribution in [0.2, 0.25) is 5.02 Å². The minimum Gasteiger partial charge on any atom is -0.478 e. The average Bonchev–Trinajstić information content (AvgIpc) is 3.47. The Kier molecular flexibility index (Phi) is 11.3. The number of nitrogens with one attached hydrogen (secondary N) is 1. The van der Waals surface area contributed by atoms with Gasteiger partial charge in [0.15, 0.2) is 0 Å². The van der Waals surface area contributed by atoms with E-state index < -0.39 is 16.0 Å². The first-order valence-corrected chi connectivity index (χ1v) is 20.0. The van der Waals surface area contributed by atoms with Crippen molar-refractivity contribution >= 4 is 38.5 Å². The molecule has 0 radical (unpaired) electrons. The van der Waals surface area contributed by atoms with Gasteiger partial charge in [-0.2, -0.15) is 0 Å². The van der Waals surface area contributed by atoms with Crippen LogP contribution < -0.4 is 4.72 Å². The summed E-state index contributed by atoms with van der Waals surface area (Å²) in [5.41, 5.74) is 9.17. The van der Waals surface area contributed by atoms with Crippen molar-refractivity contribution < 1.29 is 18.3 Å². The number of halogens is 1. The predicted octanol–water partition coefficient (Wildman–Crippen LogP) is 9.53. The van der Waals surface area contributed by atoms with Crippen molar-refractivity contribution in [3.8, 4) is 11.1 Å². The van der Waals surface area contributed by atoms with Crippen LogP contribution in [-0.2, 0) is 35.0 Å². The van der Waals surface area contributed by atoms with Gasteiger partial charge in [-0.05, 0) is 101 Å². The third-order valence-electron chi connectivity index (χ3n) is 9.80. The van der Waals surface area contributed by atoms with E-state index in [1.807, 2.05) is 97.1 Å². The number of sulfonamides is 1. The molecule has 0 saturated heterocycles. The minimum atomic E-state index is -3.72. The van der Waals surface area contributed by atoms with Gasteiger partial charge < -0.3 is 9.67 Å². The van der Waals surface area contributed by atoms with Crippen LogP contribution in [0.1, 0.15) is 56.3 Å². The number of benzene rings is 5. The second-order valence-corrected chi connectivity index (χ2v) is 15.6. The summed E-state index contributed by atoms with van der Waals surface area (Å²) in [5, 5.41) is 11.0. The van der Waals surface area contributed by atoms with Gasteiger partial charge in [0.05, 0.1) is 17.4 Å². The second kappa shape index (κ2) is 16.6. The van der Waals surface area contributed by atoms with E-state index in [9.17, 15) is 18.3 Å². The topological polar surface area (TPSA) is 101 Å².